The molecule has 1 aliphatic rings. The number of aryl methyl sites for hydroxylation is 1. The van der Waals surface area contributed by atoms with Gasteiger partial charge in [-0.2, -0.15) is 0 Å². The van der Waals surface area contributed by atoms with E-state index in [1.807, 2.05) is 18.0 Å². The van der Waals surface area contributed by atoms with Crippen molar-refractivity contribution >= 4 is 29.0 Å². The van der Waals surface area contributed by atoms with Crippen LogP contribution in [0.25, 0.3) is 0 Å². The predicted octanol–water partition coefficient (Wildman–Crippen LogP) is 5.06. The first-order chi connectivity index (χ1) is 15.2. The van der Waals surface area contributed by atoms with Crippen molar-refractivity contribution in [3.8, 4) is 0 Å². The molecule has 5 nitrogen and oxygen atoms in total. The van der Waals surface area contributed by atoms with Crippen molar-refractivity contribution in [2.45, 2.75) is 62.7 Å². The van der Waals surface area contributed by atoms with E-state index in [0.717, 1.165) is 43.2 Å². The molecule has 164 valence electrons. The molecule has 0 spiro atoms. The number of rotatable bonds is 9. The van der Waals surface area contributed by atoms with Crippen LogP contribution in [0.2, 0.25) is 0 Å². The quantitative estimate of drug-likeness (QED) is 0.424. The maximum Gasteiger partial charge on any atom is 0.233 e. The number of thioether (sulfide) groups is 1. The van der Waals surface area contributed by atoms with Crippen LogP contribution in [0.15, 0.2) is 53.0 Å². The number of carbonyl (C=O) groups is 1. The van der Waals surface area contributed by atoms with E-state index in [1.165, 1.54) is 41.5 Å². The molecule has 2 heterocycles. The number of benzene rings is 1. The minimum absolute atomic E-state index is 0.189. The highest BCUT2D eigenvalue weighted by Crippen LogP contribution is 2.24. The lowest BCUT2D eigenvalue weighted by Gasteiger charge is -2.31. The highest BCUT2D eigenvalue weighted by Gasteiger charge is 2.23. The third-order valence-corrected chi connectivity index (χ3v) is 7.84. The van der Waals surface area contributed by atoms with Gasteiger partial charge in [-0.3, -0.25) is 4.79 Å². The summed E-state index contributed by atoms with van der Waals surface area (Å²) in [6.07, 6.45) is 7.71. The summed E-state index contributed by atoms with van der Waals surface area (Å²) in [5, 5.41) is 11.9. The second-order valence-corrected chi connectivity index (χ2v) is 10.1. The minimum Gasteiger partial charge on any atom is -0.342 e. The molecule has 1 fully saturated rings. The Hall–Kier alpha value is -2.12. The second kappa shape index (κ2) is 11.0. The maximum absolute atomic E-state index is 12.8. The van der Waals surface area contributed by atoms with Crippen molar-refractivity contribution in [2.75, 3.05) is 12.8 Å². The molecule has 0 radical (unpaired) electrons. The minimum atomic E-state index is 0.189. The molecule has 4 rings (SSSR count). The van der Waals surface area contributed by atoms with Gasteiger partial charge in [0.05, 0.1) is 5.75 Å². The van der Waals surface area contributed by atoms with Gasteiger partial charge in [-0.05, 0) is 36.3 Å². The zero-order valence-electron chi connectivity index (χ0n) is 18.1. The summed E-state index contributed by atoms with van der Waals surface area (Å²) in [5.41, 5.74) is 1.29. The average Bonchev–Trinajstić information content (AvgIpc) is 3.47. The Balaban J connectivity index is 1.44. The van der Waals surface area contributed by atoms with Crippen LogP contribution in [0.4, 0.5) is 0 Å². The zero-order valence-corrected chi connectivity index (χ0v) is 19.7. The smallest absolute Gasteiger partial charge is 0.233 e. The van der Waals surface area contributed by atoms with E-state index >= 15 is 0 Å². The van der Waals surface area contributed by atoms with Gasteiger partial charge in [-0.25, -0.2) is 0 Å². The second-order valence-electron chi connectivity index (χ2n) is 8.13. The molecule has 0 bridgehead atoms. The van der Waals surface area contributed by atoms with Gasteiger partial charge in [0.2, 0.25) is 5.91 Å². The lowest BCUT2D eigenvalue weighted by atomic mass is 9.94. The van der Waals surface area contributed by atoms with Gasteiger partial charge in [-0.15, -0.1) is 21.5 Å². The molecule has 2 aromatic heterocycles. The molecule has 0 atom stereocenters. The number of hydrogen-bond acceptors (Lipinski definition) is 5. The van der Waals surface area contributed by atoms with Crippen molar-refractivity contribution in [1.82, 2.24) is 19.7 Å². The molecule has 0 saturated heterocycles. The molecule has 0 unspecified atom stereocenters. The Morgan fingerprint density at radius 2 is 1.94 bits per heavy atom. The SMILES string of the molecule is CN(C(=O)CSc1nnc(Cc2cccs2)n1CCc1ccccc1)C1CCCCC1. The summed E-state index contributed by atoms with van der Waals surface area (Å²) < 4.78 is 2.20. The highest BCUT2D eigenvalue weighted by molar-refractivity contribution is 7.99. The summed E-state index contributed by atoms with van der Waals surface area (Å²) in [4.78, 5) is 16.1. The van der Waals surface area contributed by atoms with E-state index in [0.29, 0.717) is 11.8 Å². The van der Waals surface area contributed by atoms with Crippen molar-refractivity contribution in [1.29, 1.82) is 0 Å². The summed E-state index contributed by atoms with van der Waals surface area (Å²) in [6.45, 7) is 0.812. The van der Waals surface area contributed by atoms with Crippen LogP contribution in [0.3, 0.4) is 0 Å². The lowest BCUT2D eigenvalue weighted by molar-refractivity contribution is -0.129. The largest absolute Gasteiger partial charge is 0.342 e. The van der Waals surface area contributed by atoms with Crippen molar-refractivity contribution in [3.05, 3.63) is 64.1 Å². The maximum atomic E-state index is 12.8. The fourth-order valence-electron chi connectivity index (χ4n) is 4.14. The molecular formula is C24H30N4OS2. The highest BCUT2D eigenvalue weighted by atomic mass is 32.2. The van der Waals surface area contributed by atoms with Crippen molar-refractivity contribution in [3.63, 3.8) is 0 Å². The molecule has 7 heteroatoms. The third kappa shape index (κ3) is 5.98. The van der Waals surface area contributed by atoms with E-state index in [1.54, 1.807) is 11.3 Å². The monoisotopic (exact) mass is 454 g/mol. The molecule has 1 saturated carbocycles. The zero-order chi connectivity index (χ0) is 21.5. The first-order valence-corrected chi connectivity index (χ1v) is 12.9. The predicted molar refractivity (Wildman–Crippen MR) is 128 cm³/mol. The number of carbonyl (C=O) groups excluding carboxylic acids is 1. The number of nitrogens with zero attached hydrogens (tertiary/aromatic N) is 4. The van der Waals surface area contributed by atoms with Gasteiger partial charge in [0.25, 0.3) is 0 Å². The first kappa shape index (κ1) is 22.1. The molecule has 1 aliphatic carbocycles. The van der Waals surface area contributed by atoms with Crippen LogP contribution in [-0.2, 0) is 24.2 Å². The summed E-state index contributed by atoms with van der Waals surface area (Å²) in [5.74, 6) is 1.57. The molecule has 3 aromatic rings. The van der Waals surface area contributed by atoms with Crippen LogP contribution >= 0.6 is 23.1 Å². The van der Waals surface area contributed by atoms with Crippen LogP contribution in [0.5, 0.6) is 0 Å². The Morgan fingerprint density at radius 3 is 2.68 bits per heavy atom. The topological polar surface area (TPSA) is 51.0 Å². The normalized spacial score (nSPS) is 14.6. The Labute approximate surface area is 192 Å². The van der Waals surface area contributed by atoms with Gasteiger partial charge in [0.1, 0.15) is 5.82 Å². The van der Waals surface area contributed by atoms with Crippen molar-refractivity contribution in [2.24, 2.45) is 0 Å². The Morgan fingerprint density at radius 1 is 1.13 bits per heavy atom. The van der Waals surface area contributed by atoms with Gasteiger partial charge in [0, 0.05) is 30.9 Å². The fourth-order valence-corrected chi connectivity index (χ4v) is 5.74. The van der Waals surface area contributed by atoms with Gasteiger partial charge in [0.15, 0.2) is 5.16 Å². The Bertz CT molecular complexity index is 949. The van der Waals surface area contributed by atoms with E-state index in [4.69, 9.17) is 0 Å². The number of amides is 1. The van der Waals surface area contributed by atoms with Crippen LogP contribution in [-0.4, -0.2) is 44.4 Å². The van der Waals surface area contributed by atoms with E-state index in [9.17, 15) is 4.79 Å². The van der Waals surface area contributed by atoms with E-state index in [2.05, 4.69) is 56.5 Å². The number of thiophene rings is 1. The van der Waals surface area contributed by atoms with Crippen LogP contribution < -0.4 is 0 Å². The van der Waals surface area contributed by atoms with E-state index in [-0.39, 0.29) is 5.91 Å². The average molecular weight is 455 g/mol. The molecule has 0 N–H and O–H groups in total. The van der Waals surface area contributed by atoms with Gasteiger partial charge in [-0.1, -0.05) is 67.4 Å². The van der Waals surface area contributed by atoms with Gasteiger partial charge < -0.3 is 9.47 Å². The number of hydrogen-bond donors (Lipinski definition) is 0. The fraction of sp³-hybridized carbons (Fsp3) is 0.458. The van der Waals surface area contributed by atoms with Crippen LogP contribution in [0.1, 0.15) is 48.4 Å². The van der Waals surface area contributed by atoms with E-state index < -0.39 is 0 Å². The van der Waals surface area contributed by atoms with Crippen LogP contribution in [0, 0.1) is 0 Å². The first-order valence-electron chi connectivity index (χ1n) is 11.1. The molecule has 31 heavy (non-hydrogen) atoms. The third-order valence-electron chi connectivity index (χ3n) is 6.01. The molecule has 1 aromatic carbocycles. The molecule has 1 amide bonds. The number of aromatic nitrogens is 3. The van der Waals surface area contributed by atoms with Gasteiger partial charge >= 0.3 is 0 Å². The molecular weight excluding hydrogens is 424 g/mol. The Kier molecular flexibility index (Phi) is 7.81. The standard InChI is InChI=1S/C24H30N4OS2/c1-27(20-11-6-3-7-12-20)23(29)18-31-24-26-25-22(17-21-13-8-16-30-21)28(24)15-14-19-9-4-2-5-10-19/h2,4-5,8-10,13,16,20H,3,6-7,11-12,14-15,17-18H2,1H3. The molecule has 0 aliphatic heterocycles. The van der Waals surface area contributed by atoms with Crippen molar-refractivity contribution < 1.29 is 4.79 Å². The summed E-state index contributed by atoms with van der Waals surface area (Å²) in [6, 6.07) is 15.1. The lowest BCUT2D eigenvalue weighted by Crippen LogP contribution is -2.39. The summed E-state index contributed by atoms with van der Waals surface area (Å²) in [7, 11) is 1.96. The summed E-state index contributed by atoms with van der Waals surface area (Å²) >= 11 is 3.26.